The van der Waals surface area contributed by atoms with E-state index in [1.165, 1.54) is 0 Å². The van der Waals surface area contributed by atoms with Crippen molar-refractivity contribution >= 4 is 5.91 Å². The number of nitrogens with one attached hydrogen (secondary N) is 1. The van der Waals surface area contributed by atoms with Gasteiger partial charge in [-0.05, 0) is 19.3 Å². The first kappa shape index (κ1) is 10.6. The molecule has 0 aromatic carbocycles. The minimum absolute atomic E-state index is 0.00998. The van der Waals surface area contributed by atoms with Gasteiger partial charge in [0.15, 0.2) is 0 Å². The first-order chi connectivity index (χ1) is 7.07. The van der Waals surface area contributed by atoms with E-state index in [4.69, 9.17) is 0 Å². The molecule has 1 saturated carbocycles. The minimum Gasteiger partial charge on any atom is -0.353 e. The Morgan fingerprint density at radius 2 is 2.07 bits per heavy atom. The first-order valence-electron chi connectivity index (χ1n) is 5.40. The van der Waals surface area contributed by atoms with Crippen LogP contribution in [0.5, 0.6) is 0 Å². The summed E-state index contributed by atoms with van der Waals surface area (Å²) in [5, 5.41) is 2.69. The minimum atomic E-state index is -2.55. The molecule has 1 unspecified atom stereocenters. The summed E-state index contributed by atoms with van der Waals surface area (Å²) in [4.78, 5) is 11.6. The maximum atomic E-state index is 12.5. The largest absolute Gasteiger partial charge is 0.353 e. The van der Waals surface area contributed by atoms with Crippen molar-refractivity contribution in [2.75, 3.05) is 0 Å². The molecule has 0 saturated heterocycles. The highest BCUT2D eigenvalue weighted by Gasteiger charge is 2.46. The third kappa shape index (κ3) is 2.55. The lowest BCUT2D eigenvalue weighted by Gasteiger charge is -2.36. The molecule has 0 radical (unpaired) electrons. The van der Waals surface area contributed by atoms with Gasteiger partial charge in [-0.2, -0.15) is 0 Å². The van der Waals surface area contributed by atoms with E-state index in [0.717, 1.165) is 19.3 Å². The fraction of sp³-hybridized carbons (Fsp3) is 0.727. The Balaban J connectivity index is 1.76. The van der Waals surface area contributed by atoms with E-state index >= 15 is 0 Å². The summed E-state index contributed by atoms with van der Waals surface area (Å²) in [6.07, 6.45) is 6.16. The van der Waals surface area contributed by atoms with Gasteiger partial charge in [-0.25, -0.2) is 8.78 Å². The average Bonchev–Trinajstić information content (AvgIpc) is 2.16. The van der Waals surface area contributed by atoms with E-state index in [1.54, 1.807) is 0 Å². The molecule has 0 aliphatic heterocycles. The van der Waals surface area contributed by atoms with Crippen LogP contribution in [0.15, 0.2) is 12.2 Å². The molecule has 1 fully saturated rings. The Hall–Kier alpha value is -0.930. The van der Waals surface area contributed by atoms with Crippen molar-refractivity contribution in [3.63, 3.8) is 0 Å². The van der Waals surface area contributed by atoms with Gasteiger partial charge in [-0.3, -0.25) is 4.79 Å². The summed E-state index contributed by atoms with van der Waals surface area (Å²) in [6, 6.07) is -0.307. The van der Waals surface area contributed by atoms with E-state index in [2.05, 4.69) is 11.4 Å². The zero-order chi connectivity index (χ0) is 10.9. The van der Waals surface area contributed by atoms with Gasteiger partial charge in [0.05, 0.1) is 0 Å². The Labute approximate surface area is 87.7 Å². The molecule has 0 spiro atoms. The molecule has 2 aliphatic rings. The Morgan fingerprint density at radius 3 is 2.60 bits per heavy atom. The van der Waals surface area contributed by atoms with Crippen LogP contribution in [-0.2, 0) is 4.79 Å². The summed E-state index contributed by atoms with van der Waals surface area (Å²) in [6.45, 7) is 0. The van der Waals surface area contributed by atoms with Crippen LogP contribution in [0.25, 0.3) is 0 Å². The predicted molar refractivity (Wildman–Crippen MR) is 52.6 cm³/mol. The molecular formula is C11H15F2NO. The van der Waals surface area contributed by atoms with Crippen molar-refractivity contribution in [2.45, 2.75) is 44.1 Å². The van der Waals surface area contributed by atoms with E-state index in [-0.39, 0.29) is 30.7 Å². The summed E-state index contributed by atoms with van der Waals surface area (Å²) >= 11 is 0. The molecule has 1 atom stereocenters. The summed E-state index contributed by atoms with van der Waals surface area (Å²) in [5.41, 5.74) is 0. The zero-order valence-electron chi connectivity index (χ0n) is 8.51. The molecular weight excluding hydrogens is 200 g/mol. The second-order valence-corrected chi connectivity index (χ2v) is 4.45. The quantitative estimate of drug-likeness (QED) is 0.703. The maximum Gasteiger partial charge on any atom is 0.252 e. The molecule has 1 amide bonds. The highest BCUT2D eigenvalue weighted by atomic mass is 19.3. The number of alkyl halides is 2. The monoisotopic (exact) mass is 215 g/mol. The molecule has 84 valence electrons. The molecule has 0 heterocycles. The van der Waals surface area contributed by atoms with Crippen LogP contribution in [-0.4, -0.2) is 17.9 Å². The number of allylic oxidation sites excluding steroid dienone is 2. The van der Waals surface area contributed by atoms with E-state index in [0.29, 0.717) is 0 Å². The lowest BCUT2D eigenvalue weighted by molar-refractivity contribution is -0.133. The second-order valence-electron chi connectivity index (χ2n) is 4.45. The van der Waals surface area contributed by atoms with Gasteiger partial charge in [0.25, 0.3) is 5.92 Å². The van der Waals surface area contributed by atoms with Gasteiger partial charge in [0, 0.05) is 24.8 Å². The third-order valence-corrected chi connectivity index (χ3v) is 3.08. The van der Waals surface area contributed by atoms with Crippen molar-refractivity contribution in [1.29, 1.82) is 0 Å². The van der Waals surface area contributed by atoms with E-state index in [9.17, 15) is 13.6 Å². The van der Waals surface area contributed by atoms with Crippen LogP contribution < -0.4 is 5.32 Å². The van der Waals surface area contributed by atoms with Gasteiger partial charge >= 0.3 is 0 Å². The molecule has 2 aliphatic carbocycles. The Kier molecular flexibility index (Phi) is 2.76. The van der Waals surface area contributed by atoms with Crippen molar-refractivity contribution in [2.24, 2.45) is 5.92 Å². The van der Waals surface area contributed by atoms with Crippen LogP contribution in [0.4, 0.5) is 8.78 Å². The fourth-order valence-corrected chi connectivity index (χ4v) is 2.11. The van der Waals surface area contributed by atoms with Gasteiger partial charge in [-0.1, -0.05) is 12.2 Å². The normalized spacial score (nSPS) is 29.6. The molecule has 2 rings (SSSR count). The van der Waals surface area contributed by atoms with Crippen LogP contribution in [0.1, 0.15) is 32.1 Å². The van der Waals surface area contributed by atoms with Gasteiger partial charge in [-0.15, -0.1) is 0 Å². The molecule has 0 bridgehead atoms. The number of rotatable bonds is 2. The van der Waals surface area contributed by atoms with Gasteiger partial charge in [0.1, 0.15) is 0 Å². The standard InChI is InChI=1S/C11H15F2NO/c12-11(13)6-9(7-11)14-10(15)8-4-2-1-3-5-8/h1-2,8-9H,3-7H2,(H,14,15). The molecule has 0 aromatic heterocycles. The summed E-state index contributed by atoms with van der Waals surface area (Å²) in [5.74, 6) is -2.62. The van der Waals surface area contributed by atoms with E-state index < -0.39 is 5.92 Å². The van der Waals surface area contributed by atoms with Crippen LogP contribution in [0.2, 0.25) is 0 Å². The predicted octanol–water partition coefficient (Wildman–Crippen LogP) is 2.26. The maximum absolute atomic E-state index is 12.5. The fourth-order valence-electron chi connectivity index (χ4n) is 2.11. The number of carbonyl (C=O) groups excluding carboxylic acids is 1. The molecule has 15 heavy (non-hydrogen) atoms. The molecule has 2 nitrogen and oxygen atoms in total. The lowest BCUT2D eigenvalue weighted by atomic mass is 9.86. The van der Waals surface area contributed by atoms with Crippen LogP contribution >= 0.6 is 0 Å². The highest BCUT2D eigenvalue weighted by molar-refractivity contribution is 5.79. The number of hydrogen-bond acceptors (Lipinski definition) is 1. The highest BCUT2D eigenvalue weighted by Crippen LogP contribution is 2.37. The van der Waals surface area contributed by atoms with Crippen LogP contribution in [0.3, 0.4) is 0 Å². The summed E-state index contributed by atoms with van der Waals surface area (Å²) in [7, 11) is 0. The van der Waals surface area contributed by atoms with Crippen molar-refractivity contribution < 1.29 is 13.6 Å². The second kappa shape index (κ2) is 3.91. The average molecular weight is 215 g/mol. The number of amides is 1. The number of carbonyl (C=O) groups is 1. The van der Waals surface area contributed by atoms with Crippen LogP contribution in [0, 0.1) is 5.92 Å². The van der Waals surface area contributed by atoms with E-state index in [1.807, 2.05) is 6.08 Å². The Morgan fingerprint density at radius 1 is 1.33 bits per heavy atom. The molecule has 4 heteroatoms. The zero-order valence-corrected chi connectivity index (χ0v) is 8.51. The van der Waals surface area contributed by atoms with Crippen molar-refractivity contribution in [3.05, 3.63) is 12.2 Å². The summed E-state index contributed by atoms with van der Waals surface area (Å²) < 4.78 is 25.0. The molecule has 0 aromatic rings. The number of hydrogen-bond donors (Lipinski definition) is 1. The number of halogens is 2. The van der Waals surface area contributed by atoms with Gasteiger partial charge in [0.2, 0.25) is 5.91 Å². The Bertz CT molecular complexity index is 280. The van der Waals surface area contributed by atoms with Crippen molar-refractivity contribution in [3.8, 4) is 0 Å². The topological polar surface area (TPSA) is 29.1 Å². The SMILES string of the molecule is O=C(NC1CC(F)(F)C1)C1CC=CCC1. The molecule has 1 N–H and O–H groups in total. The van der Waals surface area contributed by atoms with Gasteiger partial charge < -0.3 is 5.32 Å². The lowest BCUT2D eigenvalue weighted by Crippen LogP contribution is -2.51. The smallest absolute Gasteiger partial charge is 0.252 e. The third-order valence-electron chi connectivity index (χ3n) is 3.08. The van der Waals surface area contributed by atoms with Crippen molar-refractivity contribution in [1.82, 2.24) is 5.32 Å². The first-order valence-corrected chi connectivity index (χ1v) is 5.40.